The van der Waals surface area contributed by atoms with Crippen LogP contribution in [0.15, 0.2) is 59.9 Å². The Balaban J connectivity index is 1.56. The molecule has 1 aromatic carbocycles. The molecule has 0 fully saturated rings. The molecule has 1 amide bonds. The van der Waals surface area contributed by atoms with Gasteiger partial charge >= 0.3 is 0 Å². The van der Waals surface area contributed by atoms with Crippen molar-refractivity contribution in [3.05, 3.63) is 71.0 Å². The Labute approximate surface area is 135 Å². The summed E-state index contributed by atoms with van der Waals surface area (Å²) >= 11 is 1.68. The van der Waals surface area contributed by atoms with Gasteiger partial charge in [0.05, 0.1) is 11.4 Å². The Morgan fingerprint density at radius 1 is 1.27 bits per heavy atom. The van der Waals surface area contributed by atoms with Crippen molar-refractivity contribution in [3.63, 3.8) is 0 Å². The van der Waals surface area contributed by atoms with Crippen molar-refractivity contribution in [3.8, 4) is 0 Å². The average Bonchev–Trinajstić information content (AvgIpc) is 2.99. The maximum atomic E-state index is 12.1. The van der Waals surface area contributed by atoms with Crippen molar-refractivity contribution in [2.75, 3.05) is 0 Å². The first-order chi connectivity index (χ1) is 10.7. The third kappa shape index (κ3) is 3.60. The van der Waals surface area contributed by atoms with Gasteiger partial charge < -0.3 is 5.32 Å². The highest BCUT2D eigenvalue weighted by Gasteiger charge is 2.21. The van der Waals surface area contributed by atoms with Crippen LogP contribution >= 0.6 is 11.8 Å². The molecule has 3 nitrogen and oxygen atoms in total. The number of amides is 1. The second kappa shape index (κ2) is 6.84. The normalized spacial score (nSPS) is 17.1. The quantitative estimate of drug-likeness (QED) is 0.881. The summed E-state index contributed by atoms with van der Waals surface area (Å²) in [5.41, 5.74) is 2.74. The summed E-state index contributed by atoms with van der Waals surface area (Å²) in [6, 6.07) is 11.5. The number of benzene rings is 1. The highest BCUT2D eigenvalue weighted by Crippen LogP contribution is 2.42. The summed E-state index contributed by atoms with van der Waals surface area (Å²) in [6.45, 7) is 0. The van der Waals surface area contributed by atoms with Gasteiger partial charge in [0.2, 0.25) is 5.91 Å². The van der Waals surface area contributed by atoms with Crippen molar-refractivity contribution in [1.29, 1.82) is 0 Å². The predicted molar refractivity (Wildman–Crippen MR) is 90.9 cm³/mol. The lowest BCUT2D eigenvalue weighted by Crippen LogP contribution is -2.25. The molecule has 2 aromatic rings. The molecule has 0 bridgehead atoms. The van der Waals surface area contributed by atoms with Crippen molar-refractivity contribution in [2.24, 2.45) is 0 Å². The molecular formula is C17H15BN2OS. The topological polar surface area (TPSA) is 42.0 Å². The summed E-state index contributed by atoms with van der Waals surface area (Å²) < 4.78 is 0. The molecule has 1 aliphatic rings. The molecule has 2 heterocycles. The minimum atomic E-state index is -0.0352. The van der Waals surface area contributed by atoms with Crippen molar-refractivity contribution in [1.82, 2.24) is 10.3 Å². The van der Waals surface area contributed by atoms with Gasteiger partial charge in [-0.2, -0.15) is 0 Å². The van der Waals surface area contributed by atoms with E-state index in [1.165, 1.54) is 5.56 Å². The van der Waals surface area contributed by atoms with E-state index in [0.29, 0.717) is 17.1 Å². The van der Waals surface area contributed by atoms with Crippen LogP contribution in [0.25, 0.3) is 0 Å². The molecule has 0 saturated carbocycles. The second-order valence-corrected chi connectivity index (χ2v) is 6.36. The number of hydrogen-bond donors (Lipinski definition) is 1. The van der Waals surface area contributed by atoms with Crippen LogP contribution in [-0.4, -0.2) is 18.7 Å². The summed E-state index contributed by atoms with van der Waals surface area (Å²) in [7, 11) is 5.87. The van der Waals surface area contributed by atoms with E-state index in [-0.39, 0.29) is 5.91 Å². The zero-order valence-corrected chi connectivity index (χ0v) is 12.8. The van der Waals surface area contributed by atoms with Crippen LogP contribution < -0.4 is 10.8 Å². The van der Waals surface area contributed by atoms with E-state index in [0.717, 1.165) is 17.0 Å². The van der Waals surface area contributed by atoms with Gasteiger partial charge in [0.1, 0.15) is 7.85 Å². The van der Waals surface area contributed by atoms with E-state index in [2.05, 4.69) is 16.4 Å². The fourth-order valence-corrected chi connectivity index (χ4v) is 3.53. The molecule has 0 saturated heterocycles. The van der Waals surface area contributed by atoms with E-state index >= 15 is 0 Å². The molecule has 0 spiro atoms. The number of rotatable bonds is 4. The van der Waals surface area contributed by atoms with E-state index in [1.54, 1.807) is 24.2 Å². The molecule has 1 N–H and O–H groups in total. The average molecular weight is 306 g/mol. The standard InChI is InChI=1S/C17H15BN2OS/c18-14-4-2-1-3-13(14)11-16(21)20-17-6-5-15(22-17)12-7-9-19-10-8-12/h1-4,6-10,15H,5,11H2,(H,20,21). The maximum absolute atomic E-state index is 12.1. The van der Waals surface area contributed by atoms with E-state index < -0.39 is 0 Å². The minimum Gasteiger partial charge on any atom is -0.321 e. The molecule has 1 unspecified atom stereocenters. The largest absolute Gasteiger partial charge is 0.321 e. The number of nitrogens with zero attached hydrogens (tertiary/aromatic N) is 1. The zero-order chi connectivity index (χ0) is 15.4. The number of nitrogens with one attached hydrogen (secondary N) is 1. The Hall–Kier alpha value is -2.01. The molecule has 1 aromatic heterocycles. The highest BCUT2D eigenvalue weighted by molar-refractivity contribution is 8.03. The third-order valence-corrected chi connectivity index (χ3v) is 4.80. The van der Waals surface area contributed by atoms with Gasteiger partial charge in [0, 0.05) is 17.6 Å². The van der Waals surface area contributed by atoms with Crippen LogP contribution in [0.3, 0.4) is 0 Å². The summed E-state index contributed by atoms with van der Waals surface area (Å²) in [5.74, 6) is -0.0352. The van der Waals surface area contributed by atoms with Crippen LogP contribution in [0.5, 0.6) is 0 Å². The summed E-state index contributed by atoms with van der Waals surface area (Å²) in [5, 5.41) is 4.23. The predicted octanol–water partition coefficient (Wildman–Crippen LogP) is 2.25. The maximum Gasteiger partial charge on any atom is 0.229 e. The minimum absolute atomic E-state index is 0.0352. The lowest BCUT2D eigenvalue weighted by molar-refractivity contribution is -0.119. The number of allylic oxidation sites excluding steroid dienone is 1. The van der Waals surface area contributed by atoms with Gasteiger partial charge in [-0.3, -0.25) is 9.78 Å². The third-order valence-electron chi connectivity index (χ3n) is 3.53. The van der Waals surface area contributed by atoms with Gasteiger partial charge in [-0.05, 0) is 29.7 Å². The lowest BCUT2D eigenvalue weighted by Gasteiger charge is -2.11. The van der Waals surface area contributed by atoms with Gasteiger partial charge in [-0.25, -0.2) is 0 Å². The Morgan fingerprint density at radius 2 is 2.05 bits per heavy atom. The molecule has 1 atom stereocenters. The van der Waals surface area contributed by atoms with E-state index in [1.807, 2.05) is 36.4 Å². The van der Waals surface area contributed by atoms with E-state index in [9.17, 15) is 4.79 Å². The van der Waals surface area contributed by atoms with Crippen molar-refractivity contribution < 1.29 is 4.79 Å². The van der Waals surface area contributed by atoms with Crippen LogP contribution in [0.1, 0.15) is 22.8 Å². The number of aromatic nitrogens is 1. The molecule has 5 heteroatoms. The Morgan fingerprint density at radius 3 is 2.82 bits per heavy atom. The molecular weight excluding hydrogens is 291 g/mol. The smallest absolute Gasteiger partial charge is 0.229 e. The first-order valence-electron chi connectivity index (χ1n) is 7.12. The Kier molecular flexibility index (Phi) is 4.63. The van der Waals surface area contributed by atoms with Gasteiger partial charge in [0.25, 0.3) is 0 Å². The summed E-state index contributed by atoms with van der Waals surface area (Å²) in [6.07, 6.45) is 6.87. The van der Waals surface area contributed by atoms with Crippen LogP contribution in [0.4, 0.5) is 0 Å². The molecule has 2 radical (unpaired) electrons. The molecule has 22 heavy (non-hydrogen) atoms. The molecule has 108 valence electrons. The van der Waals surface area contributed by atoms with Crippen molar-refractivity contribution >= 4 is 31.0 Å². The van der Waals surface area contributed by atoms with Crippen LogP contribution in [-0.2, 0) is 11.2 Å². The number of hydrogen-bond acceptors (Lipinski definition) is 3. The lowest BCUT2D eigenvalue weighted by atomic mass is 9.89. The zero-order valence-electron chi connectivity index (χ0n) is 12.0. The van der Waals surface area contributed by atoms with Gasteiger partial charge in [-0.1, -0.05) is 35.8 Å². The molecule has 0 aliphatic carbocycles. The number of carbonyl (C=O) groups is 1. The first-order valence-corrected chi connectivity index (χ1v) is 8.00. The first kappa shape index (κ1) is 14.9. The number of pyridine rings is 1. The van der Waals surface area contributed by atoms with Crippen LogP contribution in [0, 0.1) is 0 Å². The van der Waals surface area contributed by atoms with Gasteiger partial charge in [0.15, 0.2) is 0 Å². The Bertz CT molecular complexity index is 703. The van der Waals surface area contributed by atoms with Crippen LogP contribution in [0.2, 0.25) is 0 Å². The van der Waals surface area contributed by atoms with Gasteiger partial charge in [-0.15, -0.1) is 11.8 Å². The SMILES string of the molecule is [B]c1ccccc1CC(=O)NC1=CCC(c2ccncc2)S1. The molecule has 1 aliphatic heterocycles. The summed E-state index contributed by atoms with van der Waals surface area (Å²) in [4.78, 5) is 16.2. The molecule has 3 rings (SSSR count). The second-order valence-electron chi connectivity index (χ2n) is 5.11. The van der Waals surface area contributed by atoms with E-state index in [4.69, 9.17) is 7.85 Å². The monoisotopic (exact) mass is 306 g/mol. The fraction of sp³-hybridized carbons (Fsp3) is 0.176. The number of thioether (sulfide) groups is 1. The fourth-order valence-electron chi connectivity index (χ4n) is 2.38. The number of carbonyl (C=O) groups excluding carboxylic acids is 1. The van der Waals surface area contributed by atoms with Crippen molar-refractivity contribution in [2.45, 2.75) is 18.1 Å². The highest BCUT2D eigenvalue weighted by atomic mass is 32.2.